The Balaban J connectivity index is 0.00000320. The van der Waals surface area contributed by atoms with Gasteiger partial charge in [0.15, 0.2) is 0 Å². The summed E-state index contributed by atoms with van der Waals surface area (Å²) in [5.74, 6) is -0.170. The van der Waals surface area contributed by atoms with Crippen LogP contribution < -0.4 is 0 Å². The molecule has 1 heterocycles. The van der Waals surface area contributed by atoms with Crippen LogP contribution in [-0.2, 0) is 20.6 Å². The van der Waals surface area contributed by atoms with Crippen LogP contribution in [0, 0.1) is 0 Å². The summed E-state index contributed by atoms with van der Waals surface area (Å²) in [4.78, 5) is -0.652. The van der Waals surface area contributed by atoms with Crippen LogP contribution in [0.4, 0.5) is 0 Å². The van der Waals surface area contributed by atoms with Crippen LogP contribution in [0.25, 0.3) is 0 Å². The molecule has 2 aromatic carbocycles. The number of likely N-dealkylation sites (tertiary alicyclic amines) is 1. The first-order valence-corrected chi connectivity index (χ1v) is 11.1. The van der Waals surface area contributed by atoms with Gasteiger partial charge in [0.1, 0.15) is 5.75 Å². The third-order valence-corrected chi connectivity index (χ3v) is 7.42. The summed E-state index contributed by atoms with van der Waals surface area (Å²) in [5.41, 5.74) is -0.302. The number of aromatic hydroxyl groups is 1. The van der Waals surface area contributed by atoms with E-state index in [0.717, 1.165) is 5.56 Å². The molecule has 0 saturated carbocycles. The van der Waals surface area contributed by atoms with Crippen LogP contribution in [0.15, 0.2) is 54.6 Å². The Labute approximate surface area is 187 Å². The van der Waals surface area contributed by atoms with Crippen molar-refractivity contribution in [3.8, 4) is 5.75 Å². The maximum atomic E-state index is 12.7. The summed E-state index contributed by atoms with van der Waals surface area (Å²) in [5, 5.41) is 31.8. The third-order valence-electron chi connectivity index (χ3n) is 5.86. The summed E-state index contributed by atoms with van der Waals surface area (Å²) in [6.07, 6.45) is -0.927. The van der Waals surface area contributed by atoms with Gasteiger partial charge in [-0.3, -0.25) is 9.45 Å². The molecular weight excluding hydrogens is 442 g/mol. The van der Waals surface area contributed by atoms with E-state index in [1.54, 1.807) is 6.92 Å². The predicted octanol–water partition coefficient (Wildman–Crippen LogP) is -0.287. The molecule has 10 N–H and O–H groups in total. The topological polar surface area (TPSA) is 213 Å². The van der Waals surface area contributed by atoms with Crippen LogP contribution in [0.3, 0.4) is 0 Å². The first-order chi connectivity index (χ1) is 13.6. The number of benzene rings is 2. The molecule has 2 aromatic rings. The standard InChI is InChI=1S/C21H27NO6S.3H2O/c1-2-19(24)21(29(26,27)28,17-9-6-10-18(23)15-17)22-13-11-20(25,12-14-22)16-7-4-3-5-8-16;;;/h3-10,15,19,23-25H,2,11-14H2,1H3,(H,26,27,28);3*1H2. The zero-order chi connectivity index (χ0) is 21.3. The zero-order valence-electron chi connectivity index (χ0n) is 17.8. The van der Waals surface area contributed by atoms with Crippen molar-refractivity contribution in [1.29, 1.82) is 0 Å². The normalized spacial score (nSPS) is 18.8. The molecule has 1 fully saturated rings. The molecule has 10 nitrogen and oxygen atoms in total. The Morgan fingerprint density at radius 2 is 1.59 bits per heavy atom. The van der Waals surface area contributed by atoms with Gasteiger partial charge in [0.2, 0.25) is 4.87 Å². The summed E-state index contributed by atoms with van der Waals surface area (Å²) in [7, 11) is -4.83. The number of rotatable bonds is 6. The summed E-state index contributed by atoms with van der Waals surface area (Å²) in [6, 6.07) is 14.7. The molecule has 0 aliphatic carbocycles. The van der Waals surface area contributed by atoms with E-state index in [-0.39, 0.29) is 60.1 Å². The fourth-order valence-corrected chi connectivity index (χ4v) is 5.77. The lowest BCUT2D eigenvalue weighted by atomic mass is 9.83. The highest BCUT2D eigenvalue weighted by molar-refractivity contribution is 7.86. The minimum atomic E-state index is -4.83. The lowest BCUT2D eigenvalue weighted by molar-refractivity contribution is -0.0690. The molecule has 0 radical (unpaired) electrons. The van der Waals surface area contributed by atoms with Gasteiger partial charge < -0.3 is 31.7 Å². The number of phenols is 1. The minimum absolute atomic E-state index is 0. The molecular formula is C21H33NO9S. The Morgan fingerprint density at radius 3 is 2.06 bits per heavy atom. The predicted molar refractivity (Wildman–Crippen MR) is 120 cm³/mol. The van der Waals surface area contributed by atoms with Gasteiger partial charge in [-0.2, -0.15) is 8.42 Å². The highest BCUT2D eigenvalue weighted by atomic mass is 32.2. The van der Waals surface area contributed by atoms with Gasteiger partial charge in [-0.05, 0) is 42.5 Å². The second-order valence-corrected chi connectivity index (χ2v) is 9.10. The van der Waals surface area contributed by atoms with Crippen molar-refractivity contribution < 1.29 is 44.7 Å². The summed E-state index contributed by atoms with van der Waals surface area (Å²) >= 11 is 0. The number of hydrogen-bond donors (Lipinski definition) is 4. The zero-order valence-corrected chi connectivity index (χ0v) is 18.6. The van der Waals surface area contributed by atoms with Gasteiger partial charge >= 0.3 is 0 Å². The molecule has 2 unspecified atom stereocenters. The van der Waals surface area contributed by atoms with Crippen LogP contribution in [0.5, 0.6) is 5.75 Å². The largest absolute Gasteiger partial charge is 0.508 e. The van der Waals surface area contributed by atoms with E-state index in [1.165, 1.54) is 29.2 Å². The smallest absolute Gasteiger partial charge is 0.291 e. The number of aliphatic hydroxyl groups is 2. The van der Waals surface area contributed by atoms with Crippen molar-refractivity contribution in [1.82, 2.24) is 4.90 Å². The monoisotopic (exact) mass is 475 g/mol. The summed E-state index contributed by atoms with van der Waals surface area (Å²) in [6.45, 7) is 1.87. The van der Waals surface area contributed by atoms with E-state index in [0.29, 0.717) is 0 Å². The van der Waals surface area contributed by atoms with Gasteiger partial charge in [-0.1, -0.05) is 49.4 Å². The average molecular weight is 476 g/mol. The number of nitrogens with zero attached hydrogens (tertiary/aromatic N) is 1. The quantitative estimate of drug-likeness (QED) is 0.409. The molecule has 0 amide bonds. The van der Waals surface area contributed by atoms with Crippen molar-refractivity contribution >= 4 is 10.1 Å². The fourth-order valence-electron chi connectivity index (χ4n) is 4.32. The second kappa shape index (κ2) is 11.2. The van der Waals surface area contributed by atoms with Gasteiger partial charge in [-0.25, -0.2) is 0 Å². The molecule has 3 rings (SSSR count). The highest BCUT2D eigenvalue weighted by Crippen LogP contribution is 2.44. The van der Waals surface area contributed by atoms with Crippen molar-refractivity contribution in [3.05, 3.63) is 65.7 Å². The molecule has 1 saturated heterocycles. The second-order valence-electron chi connectivity index (χ2n) is 7.53. The van der Waals surface area contributed by atoms with Gasteiger partial charge in [0, 0.05) is 13.1 Å². The molecule has 0 aromatic heterocycles. The molecule has 11 heteroatoms. The minimum Gasteiger partial charge on any atom is -0.508 e. The van der Waals surface area contributed by atoms with Crippen LogP contribution in [0.2, 0.25) is 0 Å². The lowest BCUT2D eigenvalue weighted by Gasteiger charge is -2.49. The number of phenolic OH excluding ortho intramolecular Hbond substituents is 1. The van der Waals surface area contributed by atoms with E-state index >= 15 is 0 Å². The molecule has 1 aliphatic rings. The SMILES string of the molecule is CCC(O)C(c1cccc(O)c1)(N1CCC(O)(c2ccccc2)CC1)S(=O)(=O)O.O.O.O. The Kier molecular flexibility index (Phi) is 10.4. The van der Waals surface area contributed by atoms with E-state index in [4.69, 9.17) is 0 Å². The molecule has 182 valence electrons. The maximum Gasteiger partial charge on any atom is 0.291 e. The van der Waals surface area contributed by atoms with Crippen LogP contribution in [0.1, 0.15) is 37.3 Å². The van der Waals surface area contributed by atoms with Gasteiger partial charge in [-0.15, -0.1) is 0 Å². The maximum absolute atomic E-state index is 12.7. The van der Waals surface area contributed by atoms with E-state index < -0.39 is 26.7 Å². The Bertz CT molecular complexity index is 947. The van der Waals surface area contributed by atoms with Crippen LogP contribution in [-0.4, -0.2) is 68.8 Å². The highest BCUT2D eigenvalue weighted by Gasteiger charge is 2.56. The summed E-state index contributed by atoms with van der Waals surface area (Å²) < 4.78 is 35.7. The lowest BCUT2D eigenvalue weighted by Crippen LogP contribution is -2.62. The number of aliphatic hydroxyl groups excluding tert-OH is 1. The Hall–Kier alpha value is -2.09. The van der Waals surface area contributed by atoms with Crippen molar-refractivity contribution in [2.24, 2.45) is 0 Å². The molecule has 32 heavy (non-hydrogen) atoms. The van der Waals surface area contributed by atoms with Crippen molar-refractivity contribution in [2.45, 2.75) is 42.8 Å². The fraction of sp³-hybridized carbons (Fsp3) is 0.429. The first kappa shape index (κ1) is 29.9. The molecule has 0 bridgehead atoms. The number of piperidine rings is 1. The van der Waals surface area contributed by atoms with Crippen LogP contribution >= 0.6 is 0 Å². The molecule has 2 atom stereocenters. The molecule has 0 spiro atoms. The van der Waals surface area contributed by atoms with E-state index in [9.17, 15) is 28.3 Å². The van der Waals surface area contributed by atoms with Gasteiger partial charge in [0.25, 0.3) is 10.1 Å². The van der Waals surface area contributed by atoms with E-state index in [1.807, 2.05) is 30.3 Å². The van der Waals surface area contributed by atoms with Crippen molar-refractivity contribution in [2.75, 3.05) is 13.1 Å². The molecule has 1 aliphatic heterocycles. The average Bonchev–Trinajstić information content (AvgIpc) is 2.69. The van der Waals surface area contributed by atoms with Gasteiger partial charge in [0.05, 0.1) is 11.7 Å². The number of hydrogen-bond acceptors (Lipinski definition) is 6. The van der Waals surface area contributed by atoms with E-state index in [2.05, 4.69) is 0 Å². The third kappa shape index (κ3) is 5.11. The Morgan fingerprint density at radius 1 is 1.03 bits per heavy atom. The van der Waals surface area contributed by atoms with Crippen molar-refractivity contribution in [3.63, 3.8) is 0 Å². The first-order valence-electron chi connectivity index (χ1n) is 9.62.